The SMILES string of the molecule is COc1ccc2cc(CCN3CCOCC3)c(-c3cccc(C=C4SC(=S)NC4=O)n3)nc2c1. The zero-order valence-electron chi connectivity index (χ0n) is 18.7. The first-order chi connectivity index (χ1) is 16.6. The molecule has 2 fully saturated rings. The normalized spacial score (nSPS) is 18.0. The van der Waals surface area contributed by atoms with Crippen molar-refractivity contribution in [3.8, 4) is 17.1 Å². The Morgan fingerprint density at radius 3 is 2.82 bits per heavy atom. The number of pyridine rings is 2. The first kappa shape index (κ1) is 22.9. The zero-order valence-corrected chi connectivity index (χ0v) is 20.4. The molecular formula is C25H24N4O3S2. The fraction of sp³-hybridized carbons (Fsp3) is 0.280. The van der Waals surface area contributed by atoms with Gasteiger partial charge in [0, 0.05) is 31.1 Å². The largest absolute Gasteiger partial charge is 0.497 e. The highest BCUT2D eigenvalue weighted by Crippen LogP contribution is 2.29. The number of nitrogens with zero attached hydrogens (tertiary/aromatic N) is 3. The first-order valence-electron chi connectivity index (χ1n) is 11.1. The number of aromatic nitrogens is 2. The molecule has 3 aromatic rings. The summed E-state index contributed by atoms with van der Waals surface area (Å²) in [4.78, 5) is 24.9. The van der Waals surface area contributed by atoms with Gasteiger partial charge in [-0.2, -0.15) is 0 Å². The average molecular weight is 493 g/mol. The van der Waals surface area contributed by atoms with Crippen LogP contribution in [0.5, 0.6) is 5.75 Å². The summed E-state index contributed by atoms with van der Waals surface area (Å²) in [6.45, 7) is 4.36. The lowest BCUT2D eigenvalue weighted by atomic mass is 10.0. The summed E-state index contributed by atoms with van der Waals surface area (Å²) < 4.78 is 11.4. The zero-order chi connectivity index (χ0) is 23.5. The van der Waals surface area contributed by atoms with E-state index in [-0.39, 0.29) is 5.91 Å². The molecule has 0 radical (unpaired) electrons. The Bertz CT molecular complexity index is 1290. The van der Waals surface area contributed by atoms with Crippen LogP contribution in [0.2, 0.25) is 0 Å². The molecule has 0 bridgehead atoms. The molecule has 5 rings (SSSR count). The van der Waals surface area contributed by atoms with E-state index >= 15 is 0 Å². The van der Waals surface area contributed by atoms with Crippen LogP contribution in [0, 0.1) is 0 Å². The summed E-state index contributed by atoms with van der Waals surface area (Å²) in [6.07, 6.45) is 2.62. The third-order valence-corrected chi connectivity index (χ3v) is 7.00. The third-order valence-electron chi connectivity index (χ3n) is 5.84. The predicted molar refractivity (Wildman–Crippen MR) is 139 cm³/mol. The third kappa shape index (κ3) is 5.12. The van der Waals surface area contributed by atoms with Gasteiger partial charge < -0.3 is 14.8 Å². The number of fused-ring (bicyclic) bond motifs is 1. The number of carbonyl (C=O) groups excluding carboxylic acids is 1. The van der Waals surface area contributed by atoms with Gasteiger partial charge in [-0.25, -0.2) is 9.97 Å². The van der Waals surface area contributed by atoms with Crippen molar-refractivity contribution < 1.29 is 14.3 Å². The minimum absolute atomic E-state index is 0.190. The van der Waals surface area contributed by atoms with Crippen LogP contribution >= 0.6 is 24.0 Å². The van der Waals surface area contributed by atoms with E-state index in [1.807, 2.05) is 36.4 Å². The molecule has 1 aromatic carbocycles. The molecule has 2 aromatic heterocycles. The number of hydrogen-bond acceptors (Lipinski definition) is 8. The molecule has 9 heteroatoms. The van der Waals surface area contributed by atoms with Gasteiger partial charge in [0.1, 0.15) is 10.1 Å². The number of benzene rings is 1. The Balaban J connectivity index is 1.53. The minimum atomic E-state index is -0.190. The Hall–Kier alpha value is -2.85. The number of ether oxygens (including phenoxy) is 2. The van der Waals surface area contributed by atoms with Gasteiger partial charge in [-0.3, -0.25) is 9.69 Å². The Morgan fingerprint density at radius 1 is 1.21 bits per heavy atom. The van der Waals surface area contributed by atoms with Gasteiger partial charge in [0.2, 0.25) is 0 Å². The van der Waals surface area contributed by atoms with E-state index in [0.717, 1.165) is 72.9 Å². The fourth-order valence-electron chi connectivity index (χ4n) is 4.05. The number of nitrogens with one attached hydrogen (secondary N) is 1. The summed E-state index contributed by atoms with van der Waals surface area (Å²) in [5, 5.41) is 3.71. The van der Waals surface area contributed by atoms with Crippen LogP contribution in [0.1, 0.15) is 11.3 Å². The van der Waals surface area contributed by atoms with Gasteiger partial charge in [-0.05, 0) is 48.4 Å². The van der Waals surface area contributed by atoms with Crippen LogP contribution in [-0.2, 0) is 16.0 Å². The van der Waals surface area contributed by atoms with Crippen molar-refractivity contribution in [3.63, 3.8) is 0 Å². The molecule has 2 aliphatic heterocycles. The molecule has 1 N–H and O–H groups in total. The quantitative estimate of drug-likeness (QED) is 0.413. The van der Waals surface area contributed by atoms with Gasteiger partial charge in [-0.15, -0.1) is 0 Å². The van der Waals surface area contributed by atoms with Crippen molar-refractivity contribution in [2.24, 2.45) is 0 Å². The van der Waals surface area contributed by atoms with Crippen molar-refractivity contribution in [2.45, 2.75) is 6.42 Å². The van der Waals surface area contributed by atoms with E-state index in [9.17, 15) is 4.79 Å². The topological polar surface area (TPSA) is 76.6 Å². The lowest BCUT2D eigenvalue weighted by Gasteiger charge is -2.26. The molecule has 0 saturated carbocycles. The number of hydrogen-bond donors (Lipinski definition) is 1. The Labute approximate surface area is 207 Å². The second-order valence-electron chi connectivity index (χ2n) is 8.06. The van der Waals surface area contributed by atoms with E-state index in [1.54, 1.807) is 13.2 Å². The molecule has 4 heterocycles. The van der Waals surface area contributed by atoms with E-state index in [4.69, 9.17) is 31.7 Å². The van der Waals surface area contributed by atoms with E-state index in [1.165, 1.54) is 11.8 Å². The lowest BCUT2D eigenvalue weighted by molar-refractivity contribution is -0.115. The standard InChI is InChI=1S/C25H24N4O3S2/c1-31-19-6-5-16-13-17(7-8-29-9-11-32-12-10-29)23(27-21(16)15-19)20-4-2-3-18(26-20)14-22-24(30)28-25(33)34-22/h2-6,13-15H,7-12H2,1H3,(H,28,30,33). The van der Waals surface area contributed by atoms with E-state index in [2.05, 4.69) is 16.3 Å². The molecule has 0 unspecified atom stereocenters. The number of amides is 1. The van der Waals surface area contributed by atoms with Crippen LogP contribution in [0.4, 0.5) is 0 Å². The van der Waals surface area contributed by atoms with Crippen LogP contribution in [-0.4, -0.2) is 65.1 Å². The van der Waals surface area contributed by atoms with Crippen molar-refractivity contribution in [1.82, 2.24) is 20.2 Å². The second-order valence-corrected chi connectivity index (χ2v) is 9.78. The number of methoxy groups -OCH3 is 1. The monoisotopic (exact) mass is 492 g/mol. The molecular weight excluding hydrogens is 468 g/mol. The number of rotatable bonds is 6. The average Bonchev–Trinajstić information content (AvgIpc) is 3.18. The molecule has 7 nitrogen and oxygen atoms in total. The summed E-state index contributed by atoms with van der Waals surface area (Å²) in [7, 11) is 1.65. The van der Waals surface area contributed by atoms with Crippen LogP contribution in [0.15, 0.2) is 47.4 Å². The highest BCUT2D eigenvalue weighted by atomic mass is 32.2. The first-order valence-corrected chi connectivity index (χ1v) is 12.3. The fourth-order valence-corrected chi connectivity index (χ4v) is 5.08. The van der Waals surface area contributed by atoms with Crippen LogP contribution in [0.25, 0.3) is 28.4 Å². The van der Waals surface area contributed by atoms with E-state index < -0.39 is 0 Å². The molecule has 0 spiro atoms. The number of carbonyl (C=O) groups is 1. The van der Waals surface area contributed by atoms with Gasteiger partial charge in [0.15, 0.2) is 0 Å². The maximum atomic E-state index is 12.1. The smallest absolute Gasteiger partial charge is 0.263 e. The number of thioether (sulfide) groups is 1. The summed E-state index contributed by atoms with van der Waals surface area (Å²) in [5.74, 6) is 0.572. The summed E-state index contributed by atoms with van der Waals surface area (Å²) in [6, 6.07) is 13.9. The van der Waals surface area contributed by atoms with E-state index in [0.29, 0.717) is 14.9 Å². The number of thiocarbonyl (C=S) groups is 1. The Kier molecular flexibility index (Phi) is 6.87. The predicted octanol–water partition coefficient (Wildman–Crippen LogP) is 3.67. The van der Waals surface area contributed by atoms with Crippen LogP contribution < -0.4 is 10.1 Å². The maximum Gasteiger partial charge on any atom is 0.263 e. The molecule has 1 amide bonds. The number of morpholine rings is 1. The van der Waals surface area contributed by atoms with Gasteiger partial charge in [-0.1, -0.05) is 30.0 Å². The highest BCUT2D eigenvalue weighted by Gasteiger charge is 2.22. The summed E-state index contributed by atoms with van der Waals surface area (Å²) >= 11 is 6.34. The molecule has 34 heavy (non-hydrogen) atoms. The van der Waals surface area contributed by atoms with Crippen molar-refractivity contribution in [1.29, 1.82) is 0 Å². The summed E-state index contributed by atoms with van der Waals surface area (Å²) in [5.41, 5.74) is 4.28. The minimum Gasteiger partial charge on any atom is -0.497 e. The second kappa shape index (κ2) is 10.2. The van der Waals surface area contributed by atoms with Crippen molar-refractivity contribution in [3.05, 3.63) is 58.6 Å². The van der Waals surface area contributed by atoms with Crippen LogP contribution in [0.3, 0.4) is 0 Å². The molecule has 0 aliphatic carbocycles. The van der Waals surface area contributed by atoms with Crippen molar-refractivity contribution in [2.75, 3.05) is 40.0 Å². The van der Waals surface area contributed by atoms with Crippen molar-refractivity contribution >= 4 is 51.2 Å². The molecule has 174 valence electrons. The highest BCUT2D eigenvalue weighted by molar-refractivity contribution is 8.26. The van der Waals surface area contributed by atoms with Gasteiger partial charge in [0.05, 0.1) is 47.8 Å². The maximum absolute atomic E-state index is 12.1. The molecule has 2 aliphatic rings. The van der Waals surface area contributed by atoms with Gasteiger partial charge >= 0.3 is 0 Å². The molecule has 2 saturated heterocycles. The molecule has 0 atom stereocenters. The lowest BCUT2D eigenvalue weighted by Crippen LogP contribution is -2.37. The van der Waals surface area contributed by atoms with Gasteiger partial charge in [0.25, 0.3) is 5.91 Å². The Morgan fingerprint density at radius 2 is 2.06 bits per heavy atom.